The fourth-order valence-corrected chi connectivity index (χ4v) is 0.889. The number of aliphatic hydroxyl groups excluding tert-OH is 1. The second kappa shape index (κ2) is 3.03. The van der Waals surface area contributed by atoms with Crippen molar-refractivity contribution in [2.75, 3.05) is 0 Å². The molecule has 0 radical (unpaired) electrons. The highest BCUT2D eigenvalue weighted by molar-refractivity contribution is 7.80. The average Bonchev–Trinajstić information content (AvgIpc) is 1.88. The van der Waals surface area contributed by atoms with Crippen molar-refractivity contribution >= 4 is 29.9 Å². The van der Waals surface area contributed by atoms with E-state index in [2.05, 4.69) is 24.8 Å². The molecule has 10 heavy (non-hydrogen) atoms. The number of thiol groups is 1. The van der Waals surface area contributed by atoms with Crippen LogP contribution < -0.4 is 0 Å². The van der Waals surface area contributed by atoms with Gasteiger partial charge in [-0.05, 0) is 36.5 Å². The van der Waals surface area contributed by atoms with E-state index >= 15 is 0 Å². The topological polar surface area (TPSA) is 20.2 Å². The Labute approximate surface area is 70.1 Å². The van der Waals surface area contributed by atoms with Crippen LogP contribution >= 0.6 is 24.8 Å². The SMILES string of the molecule is OC(=S)c1ccc(S)cc1. The van der Waals surface area contributed by atoms with Crippen molar-refractivity contribution < 1.29 is 5.11 Å². The van der Waals surface area contributed by atoms with Crippen molar-refractivity contribution in [3.63, 3.8) is 0 Å². The summed E-state index contributed by atoms with van der Waals surface area (Å²) >= 11 is 8.61. The van der Waals surface area contributed by atoms with Gasteiger partial charge in [0.1, 0.15) is 0 Å². The van der Waals surface area contributed by atoms with E-state index in [-0.39, 0.29) is 5.05 Å². The Bertz CT molecular complexity index is 240. The summed E-state index contributed by atoms with van der Waals surface area (Å²) in [6, 6.07) is 7.01. The Morgan fingerprint density at radius 1 is 1.30 bits per heavy atom. The van der Waals surface area contributed by atoms with E-state index in [1.54, 1.807) is 24.3 Å². The zero-order chi connectivity index (χ0) is 7.56. The fourth-order valence-electron chi connectivity index (χ4n) is 0.604. The third-order valence-electron chi connectivity index (χ3n) is 1.11. The summed E-state index contributed by atoms with van der Waals surface area (Å²) in [4.78, 5) is 0.861. The van der Waals surface area contributed by atoms with E-state index in [4.69, 9.17) is 5.11 Å². The summed E-state index contributed by atoms with van der Waals surface area (Å²) < 4.78 is 0. The van der Waals surface area contributed by atoms with Gasteiger partial charge in [0.05, 0.1) is 0 Å². The van der Waals surface area contributed by atoms with E-state index in [9.17, 15) is 0 Å². The molecule has 1 aromatic carbocycles. The summed E-state index contributed by atoms with van der Waals surface area (Å²) in [5, 5.41) is 8.75. The van der Waals surface area contributed by atoms with Gasteiger partial charge in [0.25, 0.3) is 0 Å². The first-order valence-corrected chi connectivity index (χ1v) is 3.58. The van der Waals surface area contributed by atoms with Gasteiger partial charge in [-0.3, -0.25) is 0 Å². The molecule has 0 heterocycles. The van der Waals surface area contributed by atoms with Gasteiger partial charge in [-0.2, -0.15) is 0 Å². The van der Waals surface area contributed by atoms with Gasteiger partial charge in [0, 0.05) is 10.5 Å². The van der Waals surface area contributed by atoms with Crippen LogP contribution in [0.25, 0.3) is 0 Å². The minimum absolute atomic E-state index is 0.0756. The smallest absolute Gasteiger partial charge is 0.188 e. The van der Waals surface area contributed by atoms with Crippen molar-refractivity contribution in [2.24, 2.45) is 0 Å². The van der Waals surface area contributed by atoms with Crippen molar-refractivity contribution in [1.29, 1.82) is 0 Å². The zero-order valence-electron chi connectivity index (χ0n) is 5.11. The van der Waals surface area contributed by atoms with Gasteiger partial charge in [-0.1, -0.05) is 0 Å². The lowest BCUT2D eigenvalue weighted by atomic mass is 10.2. The number of hydrogen-bond donors (Lipinski definition) is 2. The first-order chi connectivity index (χ1) is 4.70. The predicted octanol–water partition coefficient (Wildman–Crippen LogP) is 2.21. The van der Waals surface area contributed by atoms with E-state index in [0.29, 0.717) is 5.56 Å². The second-order valence-electron chi connectivity index (χ2n) is 1.85. The van der Waals surface area contributed by atoms with Gasteiger partial charge in [-0.25, -0.2) is 0 Å². The van der Waals surface area contributed by atoms with Crippen LogP contribution in [0.3, 0.4) is 0 Å². The van der Waals surface area contributed by atoms with Gasteiger partial charge in [0.2, 0.25) is 0 Å². The number of aliphatic hydroxyl groups is 1. The van der Waals surface area contributed by atoms with Crippen LogP contribution in [0.5, 0.6) is 0 Å². The minimum Gasteiger partial charge on any atom is -0.499 e. The lowest BCUT2D eigenvalue weighted by Crippen LogP contribution is -1.92. The quantitative estimate of drug-likeness (QED) is 0.498. The number of thiocarbonyl (C=S) groups is 1. The molecule has 0 atom stereocenters. The summed E-state index contributed by atoms with van der Waals surface area (Å²) in [5.41, 5.74) is 0.660. The van der Waals surface area contributed by atoms with Crippen molar-refractivity contribution in [1.82, 2.24) is 0 Å². The maximum absolute atomic E-state index is 8.82. The van der Waals surface area contributed by atoms with Gasteiger partial charge >= 0.3 is 0 Å². The molecule has 1 aromatic rings. The molecule has 3 heteroatoms. The molecule has 0 fully saturated rings. The van der Waals surface area contributed by atoms with E-state index in [1.807, 2.05) is 0 Å². The lowest BCUT2D eigenvalue weighted by molar-refractivity contribution is 0.571. The van der Waals surface area contributed by atoms with Crippen molar-refractivity contribution in [3.05, 3.63) is 29.8 Å². The highest BCUT2D eigenvalue weighted by atomic mass is 32.1. The van der Waals surface area contributed by atoms with Crippen LogP contribution in [0.15, 0.2) is 29.2 Å². The molecule has 1 N–H and O–H groups in total. The Hall–Kier alpha value is -0.540. The van der Waals surface area contributed by atoms with Crippen LogP contribution in [-0.4, -0.2) is 10.2 Å². The molecule has 0 bridgehead atoms. The molecule has 0 unspecified atom stereocenters. The standard InChI is InChI=1S/C7H6OS2/c8-7(10)5-1-3-6(9)4-2-5/h1-4,9H,(H,8,10). The van der Waals surface area contributed by atoms with Gasteiger partial charge in [0.15, 0.2) is 5.05 Å². The number of benzene rings is 1. The van der Waals surface area contributed by atoms with Crippen molar-refractivity contribution in [3.8, 4) is 0 Å². The molecule has 0 aliphatic carbocycles. The third-order valence-corrected chi connectivity index (χ3v) is 1.65. The Kier molecular flexibility index (Phi) is 2.29. The lowest BCUT2D eigenvalue weighted by Gasteiger charge is -1.94. The molecule has 1 nitrogen and oxygen atoms in total. The summed E-state index contributed by atoms with van der Waals surface area (Å²) in [5.74, 6) is 0. The third kappa shape index (κ3) is 1.72. The van der Waals surface area contributed by atoms with Gasteiger partial charge < -0.3 is 5.11 Å². The van der Waals surface area contributed by atoms with Crippen molar-refractivity contribution in [2.45, 2.75) is 4.90 Å². The second-order valence-corrected chi connectivity index (χ2v) is 2.76. The van der Waals surface area contributed by atoms with Crippen LogP contribution in [0.1, 0.15) is 5.56 Å². The molecule has 0 aliphatic rings. The molecular formula is C7H6OS2. The van der Waals surface area contributed by atoms with Crippen LogP contribution in [0, 0.1) is 0 Å². The molecular weight excluding hydrogens is 164 g/mol. The van der Waals surface area contributed by atoms with Crippen LogP contribution in [-0.2, 0) is 0 Å². The Morgan fingerprint density at radius 2 is 1.80 bits per heavy atom. The molecule has 0 aromatic heterocycles. The first kappa shape index (κ1) is 7.57. The molecule has 0 spiro atoms. The highest BCUT2D eigenvalue weighted by Crippen LogP contribution is 2.07. The molecule has 1 rings (SSSR count). The summed E-state index contributed by atoms with van der Waals surface area (Å²) in [6.45, 7) is 0. The molecule has 0 amide bonds. The average molecular weight is 170 g/mol. The highest BCUT2D eigenvalue weighted by Gasteiger charge is 1.94. The predicted molar refractivity (Wildman–Crippen MR) is 48.0 cm³/mol. The van der Waals surface area contributed by atoms with Gasteiger partial charge in [-0.15, -0.1) is 12.6 Å². The van der Waals surface area contributed by atoms with E-state index < -0.39 is 0 Å². The monoisotopic (exact) mass is 170 g/mol. The Morgan fingerprint density at radius 3 is 2.20 bits per heavy atom. The molecule has 52 valence electrons. The van der Waals surface area contributed by atoms with Crippen LogP contribution in [0.4, 0.5) is 0 Å². The van der Waals surface area contributed by atoms with Crippen LogP contribution in [0.2, 0.25) is 0 Å². The minimum atomic E-state index is -0.0756. The zero-order valence-corrected chi connectivity index (χ0v) is 6.82. The number of rotatable bonds is 1. The molecule has 0 saturated heterocycles. The van der Waals surface area contributed by atoms with E-state index in [1.165, 1.54) is 0 Å². The normalized spacial score (nSPS) is 9.30. The Balaban J connectivity index is 3.00. The number of hydrogen-bond acceptors (Lipinski definition) is 2. The molecule has 0 saturated carbocycles. The first-order valence-electron chi connectivity index (χ1n) is 2.72. The molecule has 0 aliphatic heterocycles. The maximum Gasteiger partial charge on any atom is 0.188 e. The summed E-state index contributed by atoms with van der Waals surface area (Å²) in [6.07, 6.45) is 0. The fraction of sp³-hybridized carbons (Fsp3) is 0. The van der Waals surface area contributed by atoms with E-state index in [0.717, 1.165) is 4.90 Å². The maximum atomic E-state index is 8.82. The largest absolute Gasteiger partial charge is 0.499 e. The summed E-state index contributed by atoms with van der Waals surface area (Å²) in [7, 11) is 0.